The number of halogens is 1. The number of ether oxygens (including phenoxy) is 3. The highest BCUT2D eigenvalue weighted by Crippen LogP contribution is 2.49. The second-order valence-electron chi connectivity index (χ2n) is 11.9. The maximum atomic E-state index is 13.2. The van der Waals surface area contributed by atoms with Crippen molar-refractivity contribution in [2.45, 2.75) is 57.9 Å². The van der Waals surface area contributed by atoms with Gasteiger partial charge < -0.3 is 19.1 Å². The molecule has 2 fully saturated rings. The molecule has 0 bridgehead atoms. The van der Waals surface area contributed by atoms with Gasteiger partial charge in [0.15, 0.2) is 23.1 Å². The molecule has 232 valence electrons. The molecule has 8 nitrogen and oxygen atoms in total. The molecule has 0 spiro atoms. The number of aromatic nitrogens is 1. The summed E-state index contributed by atoms with van der Waals surface area (Å²) in [5, 5.41) is 0.641. The van der Waals surface area contributed by atoms with Crippen LogP contribution in [0, 0.1) is 11.2 Å². The van der Waals surface area contributed by atoms with Gasteiger partial charge in [0.2, 0.25) is 0 Å². The Bertz CT molecular complexity index is 1730. The minimum atomic E-state index is -0.951. The topological polar surface area (TPSA) is 95.0 Å². The number of amides is 1. The van der Waals surface area contributed by atoms with Gasteiger partial charge in [-0.3, -0.25) is 14.6 Å². The van der Waals surface area contributed by atoms with Crippen LogP contribution < -0.4 is 14.2 Å². The van der Waals surface area contributed by atoms with Crippen LogP contribution in [0.3, 0.4) is 0 Å². The Kier molecular flexibility index (Phi) is 8.52. The van der Waals surface area contributed by atoms with Crippen LogP contribution in [-0.4, -0.2) is 47.2 Å². The summed E-state index contributed by atoms with van der Waals surface area (Å²) < 4.78 is 30.8. The maximum Gasteiger partial charge on any atom is 0.415 e. The lowest BCUT2D eigenvalue weighted by molar-refractivity contribution is -0.133. The van der Waals surface area contributed by atoms with Crippen LogP contribution >= 0.6 is 0 Å². The molecule has 1 amide bonds. The smallest absolute Gasteiger partial charge is 0.415 e. The van der Waals surface area contributed by atoms with Crippen LogP contribution in [0.4, 0.5) is 9.18 Å². The van der Waals surface area contributed by atoms with Gasteiger partial charge in [-0.1, -0.05) is 24.3 Å². The lowest BCUT2D eigenvalue weighted by Crippen LogP contribution is -2.43. The number of nitrogens with zero attached hydrogens (tertiary/aromatic N) is 2. The molecule has 0 N–H and O–H groups in total. The standard InChI is InChI=1S/C36H35FN2O6/c1-23-5-3-4-18-39(23)35(42)45-32-21-28-29(22-31(32)43-2)38-17-14-30(28)44-27-12-8-25(9-13-27)20-34(41)36(15-16-36)33(40)19-24-6-10-26(37)11-7-24/h6-14,17,21-23H,3-5,15-16,18-20H2,1-2H3/t23-/m1/s1. The molecule has 1 aromatic heterocycles. The number of likely N-dealkylation sites (tertiary alicyclic amines) is 1. The number of carbonyl (C=O) groups is 3. The zero-order chi connectivity index (χ0) is 31.6. The molecule has 1 atom stereocenters. The first kappa shape index (κ1) is 30.2. The molecule has 9 heteroatoms. The van der Waals surface area contributed by atoms with Crippen molar-refractivity contribution in [3.05, 3.63) is 89.9 Å². The number of fused-ring (bicyclic) bond motifs is 1. The highest BCUT2D eigenvalue weighted by molar-refractivity contribution is 6.11. The van der Waals surface area contributed by atoms with Crippen molar-refractivity contribution in [3.63, 3.8) is 0 Å². The third-order valence-corrected chi connectivity index (χ3v) is 8.83. The van der Waals surface area contributed by atoms with Gasteiger partial charge >= 0.3 is 6.09 Å². The van der Waals surface area contributed by atoms with Gasteiger partial charge in [0.25, 0.3) is 0 Å². The van der Waals surface area contributed by atoms with Crippen LogP contribution in [-0.2, 0) is 22.4 Å². The average molecular weight is 611 g/mol. The van der Waals surface area contributed by atoms with E-state index in [-0.39, 0.29) is 42.0 Å². The summed E-state index contributed by atoms with van der Waals surface area (Å²) in [6, 6.07) is 18.2. The van der Waals surface area contributed by atoms with Crippen molar-refractivity contribution in [2.24, 2.45) is 5.41 Å². The van der Waals surface area contributed by atoms with E-state index in [0.717, 1.165) is 24.8 Å². The van der Waals surface area contributed by atoms with Gasteiger partial charge in [0.1, 0.15) is 17.3 Å². The zero-order valence-electron chi connectivity index (χ0n) is 25.4. The minimum Gasteiger partial charge on any atom is -0.493 e. The number of hydrogen-bond donors (Lipinski definition) is 0. The van der Waals surface area contributed by atoms with E-state index in [1.165, 1.54) is 19.2 Å². The first-order chi connectivity index (χ1) is 21.8. The van der Waals surface area contributed by atoms with E-state index in [2.05, 4.69) is 4.98 Å². The fourth-order valence-corrected chi connectivity index (χ4v) is 5.93. The lowest BCUT2D eigenvalue weighted by atomic mass is 9.88. The summed E-state index contributed by atoms with van der Waals surface area (Å²) in [7, 11) is 1.52. The Hall–Kier alpha value is -4.79. The maximum absolute atomic E-state index is 13.2. The van der Waals surface area contributed by atoms with Gasteiger partial charge in [0.05, 0.1) is 18.0 Å². The molecule has 0 radical (unpaired) electrons. The molecule has 6 rings (SSSR count). The number of pyridine rings is 1. The second-order valence-corrected chi connectivity index (χ2v) is 11.9. The summed E-state index contributed by atoms with van der Waals surface area (Å²) in [4.78, 5) is 45.4. The zero-order valence-corrected chi connectivity index (χ0v) is 25.4. The van der Waals surface area contributed by atoms with E-state index in [4.69, 9.17) is 14.2 Å². The van der Waals surface area contributed by atoms with E-state index in [9.17, 15) is 18.8 Å². The predicted molar refractivity (Wildman–Crippen MR) is 166 cm³/mol. The van der Waals surface area contributed by atoms with Crippen LogP contribution in [0.2, 0.25) is 0 Å². The van der Waals surface area contributed by atoms with Gasteiger partial charge in [-0.05, 0) is 86.6 Å². The van der Waals surface area contributed by atoms with E-state index in [1.54, 1.807) is 53.6 Å². The van der Waals surface area contributed by atoms with E-state index in [0.29, 0.717) is 53.1 Å². The second kappa shape index (κ2) is 12.7. The van der Waals surface area contributed by atoms with E-state index < -0.39 is 11.5 Å². The van der Waals surface area contributed by atoms with Crippen molar-refractivity contribution in [1.29, 1.82) is 0 Å². The fraction of sp³-hybridized carbons (Fsp3) is 0.333. The summed E-state index contributed by atoms with van der Waals surface area (Å²) in [5.41, 5.74) is 1.13. The number of carbonyl (C=O) groups excluding carboxylic acids is 3. The monoisotopic (exact) mass is 610 g/mol. The average Bonchev–Trinajstić information content (AvgIpc) is 3.86. The molecule has 0 unspecified atom stereocenters. The normalized spacial score (nSPS) is 17.0. The van der Waals surface area contributed by atoms with Crippen molar-refractivity contribution < 1.29 is 33.0 Å². The number of ketones is 2. The first-order valence-corrected chi connectivity index (χ1v) is 15.3. The summed E-state index contributed by atoms with van der Waals surface area (Å²) in [6.45, 7) is 2.68. The Morgan fingerprint density at radius 2 is 1.56 bits per heavy atom. The Morgan fingerprint density at radius 3 is 2.18 bits per heavy atom. The number of hydrogen-bond acceptors (Lipinski definition) is 7. The summed E-state index contributed by atoms with van der Waals surface area (Å²) >= 11 is 0. The van der Waals surface area contributed by atoms with Crippen LogP contribution in [0.1, 0.15) is 50.2 Å². The molecule has 4 aromatic rings. The molecule has 45 heavy (non-hydrogen) atoms. The minimum absolute atomic E-state index is 0.0987. The van der Waals surface area contributed by atoms with Crippen molar-refractivity contribution in [2.75, 3.05) is 13.7 Å². The number of Topliss-reactive ketones (excluding diaryl/α,β-unsaturated/α-hetero) is 2. The van der Waals surface area contributed by atoms with Gasteiger partial charge in [0, 0.05) is 43.1 Å². The summed E-state index contributed by atoms with van der Waals surface area (Å²) in [6.07, 6.45) is 5.52. The van der Waals surface area contributed by atoms with E-state index in [1.807, 2.05) is 19.1 Å². The van der Waals surface area contributed by atoms with Crippen LogP contribution in [0.5, 0.6) is 23.0 Å². The van der Waals surface area contributed by atoms with Gasteiger partial charge in [-0.15, -0.1) is 0 Å². The van der Waals surface area contributed by atoms with Crippen molar-refractivity contribution in [3.8, 4) is 23.0 Å². The highest BCUT2D eigenvalue weighted by atomic mass is 19.1. The molecule has 3 aromatic carbocycles. The SMILES string of the molecule is COc1cc2nccc(Oc3ccc(CC(=O)C4(C(=O)Cc5ccc(F)cc5)CC4)cc3)c2cc1OC(=O)N1CCCC[C@H]1C. The summed E-state index contributed by atoms with van der Waals surface area (Å²) in [5.74, 6) is 1.16. The number of rotatable bonds is 10. The lowest BCUT2D eigenvalue weighted by Gasteiger charge is -2.32. The quantitative estimate of drug-likeness (QED) is 0.175. The highest BCUT2D eigenvalue weighted by Gasteiger charge is 2.54. The largest absolute Gasteiger partial charge is 0.493 e. The molecule has 1 saturated carbocycles. The van der Waals surface area contributed by atoms with E-state index >= 15 is 0 Å². The molecular formula is C36H35FN2O6. The Labute approximate surface area is 261 Å². The molecule has 2 aliphatic rings. The van der Waals surface area contributed by atoms with Crippen molar-refractivity contribution >= 4 is 28.6 Å². The third-order valence-electron chi connectivity index (χ3n) is 8.83. The molecule has 1 aliphatic carbocycles. The van der Waals surface area contributed by atoms with Crippen LogP contribution in [0.25, 0.3) is 10.9 Å². The molecular weight excluding hydrogens is 575 g/mol. The third kappa shape index (κ3) is 6.53. The van der Waals surface area contributed by atoms with Gasteiger partial charge in [-0.2, -0.15) is 0 Å². The fourth-order valence-electron chi connectivity index (χ4n) is 5.93. The van der Waals surface area contributed by atoms with Crippen LogP contribution in [0.15, 0.2) is 72.9 Å². The van der Waals surface area contributed by atoms with Crippen molar-refractivity contribution in [1.82, 2.24) is 9.88 Å². The molecule has 1 saturated heterocycles. The number of benzene rings is 3. The van der Waals surface area contributed by atoms with Gasteiger partial charge in [-0.25, -0.2) is 9.18 Å². The molecule has 1 aliphatic heterocycles. The Morgan fingerprint density at radius 1 is 0.889 bits per heavy atom. The number of piperidine rings is 1. The molecule has 2 heterocycles. The number of methoxy groups -OCH3 is 1. The Balaban J connectivity index is 1.14. The first-order valence-electron chi connectivity index (χ1n) is 15.3. The predicted octanol–water partition coefficient (Wildman–Crippen LogP) is 7.25.